The van der Waals surface area contributed by atoms with E-state index < -0.39 is 0 Å². The smallest absolute Gasteiger partial charge is 0.224 e. The number of nitrogens with zero attached hydrogens (tertiary/aromatic N) is 2. The van der Waals surface area contributed by atoms with Crippen LogP contribution in [0, 0.1) is 0 Å². The molecule has 1 aliphatic rings. The molecule has 1 fully saturated rings. The summed E-state index contributed by atoms with van der Waals surface area (Å²) in [6, 6.07) is 5.77. The predicted octanol–water partition coefficient (Wildman–Crippen LogP) is 2.32. The van der Waals surface area contributed by atoms with Crippen molar-refractivity contribution in [3.63, 3.8) is 0 Å². The first-order valence-corrected chi connectivity index (χ1v) is 8.05. The fourth-order valence-corrected chi connectivity index (χ4v) is 2.80. The van der Waals surface area contributed by atoms with Gasteiger partial charge in [-0.1, -0.05) is 0 Å². The van der Waals surface area contributed by atoms with Crippen molar-refractivity contribution in [3.8, 4) is 11.5 Å². The van der Waals surface area contributed by atoms with Crippen LogP contribution in [0.1, 0.15) is 19.8 Å². The fourth-order valence-electron chi connectivity index (χ4n) is 2.80. The minimum absolute atomic E-state index is 0. The summed E-state index contributed by atoms with van der Waals surface area (Å²) in [5.74, 6) is 1.69. The summed E-state index contributed by atoms with van der Waals surface area (Å²) in [7, 11) is 3.30. The van der Waals surface area contributed by atoms with Gasteiger partial charge >= 0.3 is 0 Å². The van der Waals surface area contributed by atoms with Crippen LogP contribution in [0.3, 0.4) is 0 Å². The van der Waals surface area contributed by atoms with Crippen LogP contribution >= 0.6 is 24.8 Å². The third-order valence-corrected chi connectivity index (χ3v) is 4.05. The van der Waals surface area contributed by atoms with Crippen molar-refractivity contribution < 1.29 is 14.3 Å². The Morgan fingerprint density at radius 3 is 2.20 bits per heavy atom. The summed E-state index contributed by atoms with van der Waals surface area (Å²) < 4.78 is 10.7. The number of carbonyl (C=O) groups excluding carboxylic acids is 1. The van der Waals surface area contributed by atoms with Crippen molar-refractivity contribution in [1.29, 1.82) is 0 Å². The number of halogens is 2. The standard InChI is InChI=1S/C17H27N3O3.2ClH/c1-13(18)9-17(21)20-6-4-5-19(7-8-20)14-10-15(22-2)12-16(11-14)23-3;;/h10-13H,4-9,18H2,1-3H3;2*1H. The van der Waals surface area contributed by atoms with Gasteiger partial charge in [-0.25, -0.2) is 0 Å². The molecule has 1 aromatic carbocycles. The maximum absolute atomic E-state index is 12.2. The molecule has 2 rings (SSSR count). The average molecular weight is 394 g/mol. The van der Waals surface area contributed by atoms with Gasteiger partial charge in [-0.05, 0) is 13.3 Å². The number of hydrogen-bond acceptors (Lipinski definition) is 5. The first-order chi connectivity index (χ1) is 11.0. The Kier molecular flexibility index (Phi) is 10.7. The number of benzene rings is 1. The minimum Gasteiger partial charge on any atom is -0.497 e. The molecule has 144 valence electrons. The summed E-state index contributed by atoms with van der Waals surface area (Å²) in [4.78, 5) is 16.4. The highest BCUT2D eigenvalue weighted by molar-refractivity contribution is 5.85. The normalized spacial score (nSPS) is 15.4. The lowest BCUT2D eigenvalue weighted by atomic mass is 10.2. The van der Waals surface area contributed by atoms with E-state index in [-0.39, 0.29) is 36.8 Å². The van der Waals surface area contributed by atoms with E-state index in [0.29, 0.717) is 13.0 Å². The monoisotopic (exact) mass is 393 g/mol. The van der Waals surface area contributed by atoms with E-state index in [1.807, 2.05) is 30.0 Å². The lowest BCUT2D eigenvalue weighted by Crippen LogP contribution is -2.37. The Hall–Kier alpha value is -1.37. The molecule has 1 aliphatic heterocycles. The van der Waals surface area contributed by atoms with Gasteiger partial charge in [-0.15, -0.1) is 24.8 Å². The third-order valence-electron chi connectivity index (χ3n) is 4.05. The number of ether oxygens (including phenoxy) is 2. The summed E-state index contributed by atoms with van der Waals surface area (Å²) in [5, 5.41) is 0. The Labute approximate surface area is 162 Å². The highest BCUT2D eigenvalue weighted by Crippen LogP contribution is 2.29. The van der Waals surface area contributed by atoms with Crippen molar-refractivity contribution in [2.45, 2.75) is 25.8 Å². The molecule has 1 aromatic rings. The SMILES string of the molecule is COc1cc(OC)cc(N2CCCN(C(=O)CC(C)N)CC2)c1.Cl.Cl. The van der Waals surface area contributed by atoms with Crippen LogP contribution in [0.2, 0.25) is 0 Å². The second-order valence-corrected chi connectivity index (χ2v) is 5.97. The highest BCUT2D eigenvalue weighted by Gasteiger charge is 2.20. The van der Waals surface area contributed by atoms with E-state index in [4.69, 9.17) is 15.2 Å². The van der Waals surface area contributed by atoms with Crippen LogP contribution < -0.4 is 20.1 Å². The highest BCUT2D eigenvalue weighted by atomic mass is 35.5. The molecule has 6 nitrogen and oxygen atoms in total. The van der Waals surface area contributed by atoms with Crippen LogP contribution in [0.4, 0.5) is 5.69 Å². The summed E-state index contributed by atoms with van der Waals surface area (Å²) >= 11 is 0. The largest absolute Gasteiger partial charge is 0.497 e. The van der Waals surface area contributed by atoms with Crippen molar-refractivity contribution in [1.82, 2.24) is 4.90 Å². The number of anilines is 1. The topological polar surface area (TPSA) is 68.0 Å². The summed E-state index contributed by atoms with van der Waals surface area (Å²) in [6.45, 7) is 5.05. The second-order valence-electron chi connectivity index (χ2n) is 5.97. The van der Waals surface area contributed by atoms with E-state index in [1.165, 1.54) is 0 Å². The van der Waals surface area contributed by atoms with Crippen molar-refractivity contribution in [2.24, 2.45) is 5.73 Å². The number of nitrogens with two attached hydrogens (primary N) is 1. The fraction of sp³-hybridized carbons (Fsp3) is 0.588. The van der Waals surface area contributed by atoms with Crippen molar-refractivity contribution in [3.05, 3.63) is 18.2 Å². The number of rotatable bonds is 5. The predicted molar refractivity (Wildman–Crippen MR) is 106 cm³/mol. The van der Waals surface area contributed by atoms with E-state index in [1.54, 1.807) is 14.2 Å². The Morgan fingerprint density at radius 2 is 1.68 bits per heavy atom. The van der Waals surface area contributed by atoms with E-state index in [9.17, 15) is 4.79 Å². The lowest BCUT2D eigenvalue weighted by molar-refractivity contribution is -0.131. The molecular weight excluding hydrogens is 365 g/mol. The number of hydrogen-bond donors (Lipinski definition) is 1. The second kappa shape index (κ2) is 11.3. The van der Waals surface area contributed by atoms with Gasteiger partial charge in [0.1, 0.15) is 11.5 Å². The van der Waals surface area contributed by atoms with E-state index in [2.05, 4.69) is 4.90 Å². The molecule has 0 aliphatic carbocycles. The van der Waals surface area contributed by atoms with Gasteiger partial charge < -0.3 is 25.0 Å². The van der Waals surface area contributed by atoms with Gasteiger partial charge in [0, 0.05) is 62.5 Å². The van der Waals surface area contributed by atoms with E-state index in [0.717, 1.165) is 43.2 Å². The third kappa shape index (κ3) is 6.80. The molecule has 1 heterocycles. The van der Waals surface area contributed by atoms with Gasteiger partial charge in [0.15, 0.2) is 0 Å². The van der Waals surface area contributed by atoms with E-state index >= 15 is 0 Å². The average Bonchev–Trinajstić information content (AvgIpc) is 2.79. The molecule has 0 spiro atoms. The molecule has 1 amide bonds. The molecular formula is C17H29Cl2N3O3. The Morgan fingerprint density at radius 1 is 1.08 bits per heavy atom. The maximum Gasteiger partial charge on any atom is 0.224 e. The molecule has 8 heteroatoms. The molecule has 0 saturated carbocycles. The molecule has 1 atom stereocenters. The van der Waals surface area contributed by atoms with Crippen LogP contribution in [-0.2, 0) is 4.79 Å². The molecule has 1 saturated heterocycles. The minimum atomic E-state index is -0.0931. The van der Waals surface area contributed by atoms with Gasteiger partial charge in [-0.3, -0.25) is 4.79 Å². The Bertz CT molecular complexity index is 522. The molecule has 0 bridgehead atoms. The molecule has 0 aromatic heterocycles. The number of methoxy groups -OCH3 is 2. The zero-order valence-corrected chi connectivity index (χ0v) is 16.7. The first kappa shape index (κ1) is 23.6. The first-order valence-electron chi connectivity index (χ1n) is 8.05. The van der Waals surface area contributed by atoms with Crippen molar-refractivity contribution in [2.75, 3.05) is 45.3 Å². The van der Waals surface area contributed by atoms with Crippen molar-refractivity contribution >= 4 is 36.4 Å². The quantitative estimate of drug-likeness (QED) is 0.830. The van der Waals surface area contributed by atoms with Gasteiger partial charge in [0.25, 0.3) is 0 Å². The van der Waals surface area contributed by atoms with Crippen LogP contribution in [0.25, 0.3) is 0 Å². The van der Waals surface area contributed by atoms with Crippen LogP contribution in [0.5, 0.6) is 11.5 Å². The molecule has 25 heavy (non-hydrogen) atoms. The lowest BCUT2D eigenvalue weighted by Gasteiger charge is -2.25. The molecule has 0 radical (unpaired) electrons. The number of amides is 1. The number of carbonyl (C=O) groups is 1. The molecule has 1 unspecified atom stereocenters. The van der Waals surface area contributed by atoms with Crippen LogP contribution in [-0.4, -0.2) is 57.2 Å². The van der Waals surface area contributed by atoms with Gasteiger partial charge in [-0.2, -0.15) is 0 Å². The summed E-state index contributed by atoms with van der Waals surface area (Å²) in [5.41, 5.74) is 6.79. The molecule has 2 N–H and O–H groups in total. The van der Waals surface area contributed by atoms with Gasteiger partial charge in [0.05, 0.1) is 14.2 Å². The zero-order chi connectivity index (χ0) is 16.8. The Balaban J connectivity index is 0.00000288. The maximum atomic E-state index is 12.2. The van der Waals surface area contributed by atoms with Crippen LogP contribution in [0.15, 0.2) is 18.2 Å². The zero-order valence-electron chi connectivity index (χ0n) is 15.1. The summed E-state index contributed by atoms with van der Waals surface area (Å²) in [6.07, 6.45) is 1.34. The van der Waals surface area contributed by atoms with Gasteiger partial charge in [0.2, 0.25) is 5.91 Å².